The molecule has 0 aliphatic carbocycles. The van der Waals surface area contributed by atoms with Crippen LogP contribution in [0.5, 0.6) is 0 Å². The maximum atomic E-state index is 5.54. The Bertz CT molecular complexity index is 229. The van der Waals surface area contributed by atoms with Crippen LogP contribution in [-0.2, 0) is 4.74 Å². The molecule has 1 atom stereocenters. The minimum absolute atomic E-state index is 0.155. The van der Waals surface area contributed by atoms with Crippen molar-refractivity contribution in [3.63, 3.8) is 0 Å². The Balaban J connectivity index is 2.13. The maximum Gasteiger partial charge on any atom is 0.255 e. The molecule has 80 valence electrons. The highest BCUT2D eigenvalue weighted by Crippen LogP contribution is 2.16. The second-order valence-corrected chi connectivity index (χ2v) is 3.79. The summed E-state index contributed by atoms with van der Waals surface area (Å²) >= 11 is 1.58. The van der Waals surface area contributed by atoms with Crippen molar-refractivity contribution in [1.82, 2.24) is 4.98 Å². The standard InChI is InChI=1S/C9H16N2O2S/c1-2-12-8(7-10)3-6-14-9-11-4-5-13-9/h4-5,8H,2-3,6-7,10H2,1H3. The van der Waals surface area contributed by atoms with E-state index in [0.717, 1.165) is 12.2 Å². The topological polar surface area (TPSA) is 61.3 Å². The van der Waals surface area contributed by atoms with Crippen molar-refractivity contribution in [3.05, 3.63) is 12.5 Å². The van der Waals surface area contributed by atoms with Crippen LogP contribution in [0.2, 0.25) is 0 Å². The van der Waals surface area contributed by atoms with Crippen LogP contribution in [0, 0.1) is 0 Å². The fraction of sp³-hybridized carbons (Fsp3) is 0.667. The van der Waals surface area contributed by atoms with Crippen LogP contribution in [0.1, 0.15) is 13.3 Å². The van der Waals surface area contributed by atoms with Crippen molar-refractivity contribution < 1.29 is 9.15 Å². The Morgan fingerprint density at radius 3 is 3.14 bits per heavy atom. The smallest absolute Gasteiger partial charge is 0.255 e. The van der Waals surface area contributed by atoms with Gasteiger partial charge in [0.1, 0.15) is 6.26 Å². The second-order valence-electron chi connectivity index (χ2n) is 2.75. The van der Waals surface area contributed by atoms with E-state index in [1.807, 2.05) is 6.92 Å². The number of nitrogens with two attached hydrogens (primary N) is 1. The average Bonchev–Trinajstić information content (AvgIpc) is 2.69. The molecule has 0 spiro atoms. The molecule has 1 aromatic rings. The lowest BCUT2D eigenvalue weighted by molar-refractivity contribution is 0.0674. The number of hydrogen-bond donors (Lipinski definition) is 1. The molecule has 4 nitrogen and oxygen atoms in total. The van der Waals surface area contributed by atoms with Crippen molar-refractivity contribution in [2.24, 2.45) is 5.73 Å². The van der Waals surface area contributed by atoms with E-state index in [9.17, 15) is 0 Å². The minimum Gasteiger partial charge on any atom is -0.440 e. The normalized spacial score (nSPS) is 13.0. The predicted molar refractivity (Wildman–Crippen MR) is 56.3 cm³/mol. The Kier molecular flexibility index (Phi) is 5.66. The molecule has 0 radical (unpaired) electrons. The van der Waals surface area contributed by atoms with E-state index in [1.165, 1.54) is 0 Å². The Morgan fingerprint density at radius 1 is 1.71 bits per heavy atom. The zero-order chi connectivity index (χ0) is 10.2. The molecule has 1 heterocycles. The molecule has 0 bridgehead atoms. The molecule has 0 amide bonds. The number of nitrogens with zero attached hydrogens (tertiary/aromatic N) is 1. The minimum atomic E-state index is 0.155. The first-order valence-electron chi connectivity index (χ1n) is 4.70. The number of oxazole rings is 1. The molecule has 1 unspecified atom stereocenters. The summed E-state index contributed by atoms with van der Waals surface area (Å²) in [5, 5.41) is 0.706. The van der Waals surface area contributed by atoms with E-state index in [2.05, 4.69) is 4.98 Å². The summed E-state index contributed by atoms with van der Waals surface area (Å²) in [5.74, 6) is 0.919. The zero-order valence-electron chi connectivity index (χ0n) is 8.31. The van der Waals surface area contributed by atoms with Crippen molar-refractivity contribution in [1.29, 1.82) is 0 Å². The molecular weight excluding hydrogens is 200 g/mol. The monoisotopic (exact) mass is 216 g/mol. The summed E-state index contributed by atoms with van der Waals surface area (Å²) in [6.45, 7) is 3.26. The number of hydrogen-bond acceptors (Lipinski definition) is 5. The van der Waals surface area contributed by atoms with Gasteiger partial charge >= 0.3 is 0 Å². The summed E-state index contributed by atoms with van der Waals surface area (Å²) in [4.78, 5) is 4.01. The van der Waals surface area contributed by atoms with Crippen molar-refractivity contribution >= 4 is 11.8 Å². The first-order valence-corrected chi connectivity index (χ1v) is 5.69. The molecule has 0 fully saturated rings. The number of thioether (sulfide) groups is 1. The molecule has 0 saturated carbocycles. The summed E-state index contributed by atoms with van der Waals surface area (Å²) < 4.78 is 10.5. The Morgan fingerprint density at radius 2 is 2.57 bits per heavy atom. The highest BCUT2D eigenvalue weighted by atomic mass is 32.2. The average molecular weight is 216 g/mol. The van der Waals surface area contributed by atoms with E-state index in [4.69, 9.17) is 14.9 Å². The quantitative estimate of drug-likeness (QED) is 0.700. The van der Waals surface area contributed by atoms with Gasteiger partial charge in [0.2, 0.25) is 0 Å². The second kappa shape index (κ2) is 6.86. The van der Waals surface area contributed by atoms with Gasteiger partial charge in [-0.15, -0.1) is 0 Å². The molecule has 1 rings (SSSR count). The van der Waals surface area contributed by atoms with Gasteiger partial charge in [0.15, 0.2) is 0 Å². The molecule has 2 N–H and O–H groups in total. The highest BCUT2D eigenvalue weighted by Gasteiger charge is 2.06. The fourth-order valence-corrected chi connectivity index (χ4v) is 1.88. The van der Waals surface area contributed by atoms with Gasteiger partial charge < -0.3 is 14.9 Å². The lowest BCUT2D eigenvalue weighted by Crippen LogP contribution is -2.24. The van der Waals surface area contributed by atoms with Gasteiger partial charge in [-0.2, -0.15) is 0 Å². The Labute approximate surface area is 88.2 Å². The van der Waals surface area contributed by atoms with Gasteiger partial charge in [-0.3, -0.25) is 0 Å². The molecule has 5 heteroatoms. The first kappa shape index (κ1) is 11.6. The van der Waals surface area contributed by atoms with Crippen LogP contribution in [0.4, 0.5) is 0 Å². The zero-order valence-corrected chi connectivity index (χ0v) is 9.13. The highest BCUT2D eigenvalue weighted by molar-refractivity contribution is 7.99. The molecule has 0 aliphatic rings. The van der Waals surface area contributed by atoms with Crippen molar-refractivity contribution in [2.75, 3.05) is 18.9 Å². The SMILES string of the molecule is CCOC(CN)CCSc1ncco1. The molecule has 0 aliphatic heterocycles. The molecular formula is C9H16N2O2S. The lowest BCUT2D eigenvalue weighted by atomic mass is 10.3. The van der Waals surface area contributed by atoms with Crippen molar-refractivity contribution in [2.45, 2.75) is 24.7 Å². The third-order valence-electron chi connectivity index (χ3n) is 1.74. The van der Waals surface area contributed by atoms with Gasteiger partial charge in [0.05, 0.1) is 12.3 Å². The van der Waals surface area contributed by atoms with Gasteiger partial charge in [-0.05, 0) is 13.3 Å². The summed E-state index contributed by atoms with van der Waals surface area (Å²) in [7, 11) is 0. The first-order chi connectivity index (χ1) is 6.86. The summed E-state index contributed by atoms with van der Waals surface area (Å²) in [6, 6.07) is 0. The Hall–Kier alpha value is -0.520. The van der Waals surface area contributed by atoms with Gasteiger partial charge in [0.25, 0.3) is 5.22 Å². The molecule has 0 aromatic carbocycles. The van der Waals surface area contributed by atoms with Crippen molar-refractivity contribution in [3.8, 4) is 0 Å². The third-order valence-corrected chi connectivity index (χ3v) is 2.63. The van der Waals surface area contributed by atoms with E-state index in [-0.39, 0.29) is 6.10 Å². The van der Waals surface area contributed by atoms with E-state index in [0.29, 0.717) is 18.4 Å². The fourth-order valence-electron chi connectivity index (χ4n) is 1.06. The lowest BCUT2D eigenvalue weighted by Gasteiger charge is -2.13. The largest absolute Gasteiger partial charge is 0.440 e. The summed E-state index contributed by atoms with van der Waals surface area (Å²) in [6.07, 6.45) is 4.30. The predicted octanol–water partition coefficient (Wildman–Crippen LogP) is 1.52. The van der Waals surface area contributed by atoms with E-state index in [1.54, 1.807) is 24.2 Å². The van der Waals surface area contributed by atoms with Crippen LogP contribution < -0.4 is 5.73 Å². The van der Waals surface area contributed by atoms with Gasteiger partial charge in [-0.25, -0.2) is 4.98 Å². The van der Waals surface area contributed by atoms with Crippen LogP contribution in [0.15, 0.2) is 22.1 Å². The van der Waals surface area contributed by atoms with Crippen LogP contribution >= 0.6 is 11.8 Å². The number of ether oxygens (including phenoxy) is 1. The number of rotatable bonds is 7. The van der Waals surface area contributed by atoms with Crippen LogP contribution in [0.25, 0.3) is 0 Å². The molecule has 0 saturated heterocycles. The summed E-state index contributed by atoms with van der Waals surface area (Å²) in [5.41, 5.74) is 5.54. The van der Waals surface area contributed by atoms with Gasteiger partial charge in [0, 0.05) is 18.9 Å². The van der Waals surface area contributed by atoms with Gasteiger partial charge in [-0.1, -0.05) is 11.8 Å². The van der Waals surface area contributed by atoms with E-state index < -0.39 is 0 Å². The molecule has 14 heavy (non-hydrogen) atoms. The molecule has 1 aromatic heterocycles. The van der Waals surface area contributed by atoms with Crippen LogP contribution in [0.3, 0.4) is 0 Å². The third kappa shape index (κ3) is 4.13. The van der Waals surface area contributed by atoms with Crippen LogP contribution in [-0.4, -0.2) is 30.0 Å². The maximum absolute atomic E-state index is 5.54. The van der Waals surface area contributed by atoms with E-state index >= 15 is 0 Å². The number of aromatic nitrogens is 1.